The lowest BCUT2D eigenvalue weighted by Crippen LogP contribution is -2.48. The number of nitrogens with zero attached hydrogens (tertiary/aromatic N) is 4. The van der Waals surface area contributed by atoms with Gasteiger partial charge < -0.3 is 9.80 Å². The molecule has 0 spiro atoms. The average Bonchev–Trinajstić information content (AvgIpc) is 3.40. The van der Waals surface area contributed by atoms with E-state index >= 15 is 0 Å². The summed E-state index contributed by atoms with van der Waals surface area (Å²) in [5.74, 6) is 2.22. The molecule has 44 heavy (non-hydrogen) atoms. The van der Waals surface area contributed by atoms with Crippen LogP contribution in [0.25, 0.3) is 0 Å². The zero-order valence-electron chi connectivity index (χ0n) is 26.9. The second-order valence-electron chi connectivity index (χ2n) is 12.9. The minimum atomic E-state index is -3.98. The van der Waals surface area contributed by atoms with Crippen LogP contribution in [0.3, 0.4) is 0 Å². The molecule has 7 nitrogen and oxygen atoms in total. The number of alkyl halides is 4. The Bertz CT molecular complexity index is 1180. The molecule has 0 radical (unpaired) electrons. The van der Waals surface area contributed by atoms with Crippen LogP contribution in [0.5, 0.6) is 0 Å². The van der Waals surface area contributed by atoms with Crippen LogP contribution in [0, 0.1) is 0 Å². The van der Waals surface area contributed by atoms with E-state index in [1.165, 1.54) is 24.3 Å². The van der Waals surface area contributed by atoms with E-state index in [0.29, 0.717) is 31.5 Å². The zero-order chi connectivity index (χ0) is 32.2. The molecule has 8 atom stereocenters. The summed E-state index contributed by atoms with van der Waals surface area (Å²) in [4.78, 5) is 7.46. The van der Waals surface area contributed by atoms with Crippen LogP contribution in [-0.4, -0.2) is 116 Å². The molecular formula is C32H53Cl4N4O3S+. The second kappa shape index (κ2) is 16.1. The van der Waals surface area contributed by atoms with Crippen LogP contribution in [0.1, 0.15) is 91.9 Å². The Balaban J connectivity index is 1.72. The normalized spacial score (nSPS) is 33.9. The minimum absolute atomic E-state index is 0.0211. The van der Waals surface area contributed by atoms with E-state index in [-0.39, 0.29) is 39.3 Å². The highest BCUT2D eigenvalue weighted by molar-refractivity contribution is 7.85. The number of hydrogen-bond acceptors (Lipinski definition) is 5. The molecule has 2 heterocycles. The van der Waals surface area contributed by atoms with Crippen molar-refractivity contribution < 1.29 is 17.5 Å². The van der Waals surface area contributed by atoms with Gasteiger partial charge in [-0.15, -0.1) is 46.4 Å². The second-order valence-corrected chi connectivity index (χ2v) is 16.7. The van der Waals surface area contributed by atoms with Crippen LogP contribution in [0.4, 0.5) is 0 Å². The monoisotopic (exact) mass is 713 g/mol. The van der Waals surface area contributed by atoms with Crippen LogP contribution < -0.4 is 0 Å². The fourth-order valence-corrected chi connectivity index (χ4v) is 9.56. The highest BCUT2D eigenvalue weighted by atomic mass is 35.5. The van der Waals surface area contributed by atoms with E-state index in [1.807, 2.05) is 0 Å². The van der Waals surface area contributed by atoms with Gasteiger partial charge in [0, 0.05) is 32.0 Å². The maximum Gasteiger partial charge on any atom is 0.272 e. The number of unbranched alkanes of at least 4 members (excludes halogenated alkanes) is 3. The molecular weight excluding hydrogens is 662 g/mol. The zero-order valence-corrected chi connectivity index (χ0v) is 30.7. The molecule has 2 aliphatic carbocycles. The summed E-state index contributed by atoms with van der Waals surface area (Å²) in [7, 11) is -3.98. The first-order chi connectivity index (χ1) is 20.9. The number of fused-ring (bicyclic) bond motifs is 2. The van der Waals surface area contributed by atoms with E-state index in [9.17, 15) is 13.0 Å². The highest BCUT2D eigenvalue weighted by Crippen LogP contribution is 2.42. The van der Waals surface area contributed by atoms with Gasteiger partial charge in [-0.1, -0.05) is 20.3 Å². The highest BCUT2D eigenvalue weighted by Gasteiger charge is 2.52. The smallest absolute Gasteiger partial charge is 0.272 e. The van der Waals surface area contributed by atoms with E-state index in [2.05, 4.69) is 59.1 Å². The summed E-state index contributed by atoms with van der Waals surface area (Å²) in [6, 6.07) is 1.19. The lowest BCUT2D eigenvalue weighted by Gasteiger charge is -2.37. The summed E-state index contributed by atoms with van der Waals surface area (Å²) in [5, 5.41) is -0.239. The first-order valence-electron chi connectivity index (χ1n) is 16.8. The maximum absolute atomic E-state index is 11.4. The Hall–Kier alpha value is -0.380. The van der Waals surface area contributed by atoms with Crippen molar-refractivity contribution in [2.75, 3.05) is 31.9 Å². The van der Waals surface area contributed by atoms with Crippen molar-refractivity contribution in [2.24, 2.45) is 0 Å². The summed E-state index contributed by atoms with van der Waals surface area (Å²) in [5.41, 5.74) is 1.25. The first-order valence-corrected chi connectivity index (χ1v) is 20.2. The Morgan fingerprint density at radius 2 is 1.41 bits per heavy atom. The summed E-state index contributed by atoms with van der Waals surface area (Å²) >= 11 is 27.0. The van der Waals surface area contributed by atoms with Crippen LogP contribution >= 0.6 is 46.4 Å². The summed E-state index contributed by atoms with van der Waals surface area (Å²) in [6.07, 6.45) is 13.6. The van der Waals surface area contributed by atoms with E-state index in [4.69, 9.17) is 46.4 Å². The molecule has 0 aromatic heterocycles. The molecule has 2 aliphatic heterocycles. The molecule has 1 saturated heterocycles. The third-order valence-corrected chi connectivity index (χ3v) is 13.1. The van der Waals surface area contributed by atoms with E-state index in [1.54, 1.807) is 0 Å². The van der Waals surface area contributed by atoms with Gasteiger partial charge in [0.15, 0.2) is 0 Å². The van der Waals surface area contributed by atoms with E-state index in [0.717, 1.165) is 64.0 Å². The topological polar surface area (TPSA) is 67.1 Å². The molecule has 3 fully saturated rings. The van der Waals surface area contributed by atoms with Crippen molar-refractivity contribution in [3.8, 4) is 0 Å². The lowest BCUT2D eigenvalue weighted by atomic mass is 9.89. The average molecular weight is 716 g/mol. The van der Waals surface area contributed by atoms with Crippen molar-refractivity contribution >= 4 is 62.4 Å². The van der Waals surface area contributed by atoms with Gasteiger partial charge in [-0.25, -0.2) is 0 Å². The fraction of sp³-hybridized carbons (Fsp3) is 0.844. The number of amidine groups is 1. The molecule has 0 aromatic carbocycles. The number of hydrogen-bond donors (Lipinski definition) is 1. The SMILES string of the molecule is CCCCC[N+]1=C(C=C(C=C2N(CC)C3CC(Cl)C(Cl)CC3N2CCCCS(=O)(=O)O)CC)N(CC)C2CC(Cl)C(Cl)CC21. The van der Waals surface area contributed by atoms with Crippen LogP contribution in [-0.2, 0) is 10.1 Å². The molecule has 12 heteroatoms. The van der Waals surface area contributed by atoms with Gasteiger partial charge in [0.25, 0.3) is 16.0 Å². The quantitative estimate of drug-likeness (QED) is 0.0915. The minimum Gasteiger partial charge on any atom is -0.353 e. The Labute approximate surface area is 286 Å². The fourth-order valence-electron chi connectivity index (χ4n) is 7.85. The van der Waals surface area contributed by atoms with Crippen molar-refractivity contribution in [2.45, 2.75) is 138 Å². The molecule has 4 aliphatic rings. The first kappa shape index (κ1) is 36.5. The number of rotatable bonds is 14. The molecule has 252 valence electrons. The van der Waals surface area contributed by atoms with Gasteiger partial charge in [0.1, 0.15) is 17.9 Å². The molecule has 4 rings (SSSR count). The van der Waals surface area contributed by atoms with E-state index < -0.39 is 10.1 Å². The summed E-state index contributed by atoms with van der Waals surface area (Å²) < 4.78 is 34.7. The molecule has 2 saturated carbocycles. The molecule has 0 aromatic rings. The maximum atomic E-state index is 11.4. The van der Waals surface area contributed by atoms with Gasteiger partial charge in [-0.2, -0.15) is 8.42 Å². The van der Waals surface area contributed by atoms with Crippen molar-refractivity contribution in [1.82, 2.24) is 14.7 Å². The predicted octanol–water partition coefficient (Wildman–Crippen LogP) is 6.90. The van der Waals surface area contributed by atoms with Gasteiger partial charge in [-0.05, 0) is 70.4 Å². The third kappa shape index (κ3) is 8.36. The summed E-state index contributed by atoms with van der Waals surface area (Å²) in [6.45, 7) is 12.4. The predicted molar refractivity (Wildman–Crippen MR) is 185 cm³/mol. The standard InChI is InChI=1S/C32H52Cl4N4O3S/c1-5-9-10-13-39-29-20-25(35)23(33)18-27(29)37(7-3)31(39)16-22(6-2)17-32-38(8-4)28-19-24(34)26(36)21-30(28)40(32)14-11-12-15-44(41,42)43/h16-17,23-30H,5-15,18-21H2,1-4H3/p+1. The van der Waals surface area contributed by atoms with Gasteiger partial charge in [0.2, 0.25) is 0 Å². The van der Waals surface area contributed by atoms with Crippen LogP contribution in [0.15, 0.2) is 23.5 Å². The largest absolute Gasteiger partial charge is 0.353 e. The third-order valence-electron chi connectivity index (χ3n) is 10.1. The van der Waals surface area contributed by atoms with Crippen LogP contribution in [0.2, 0.25) is 0 Å². The number of allylic oxidation sites excluding steroid dienone is 2. The Morgan fingerprint density at radius 1 is 0.818 bits per heavy atom. The van der Waals surface area contributed by atoms with Gasteiger partial charge >= 0.3 is 0 Å². The Morgan fingerprint density at radius 3 is 1.98 bits per heavy atom. The van der Waals surface area contributed by atoms with Gasteiger partial charge in [-0.3, -0.25) is 14.0 Å². The number of likely N-dealkylation sites (N-methyl/N-ethyl adjacent to an activating group) is 2. The van der Waals surface area contributed by atoms with Crippen molar-refractivity contribution in [3.63, 3.8) is 0 Å². The molecule has 0 amide bonds. The lowest BCUT2D eigenvalue weighted by molar-refractivity contribution is -0.562. The van der Waals surface area contributed by atoms with Crippen molar-refractivity contribution in [1.29, 1.82) is 0 Å². The molecule has 8 unspecified atom stereocenters. The van der Waals surface area contributed by atoms with Gasteiger partial charge in [0.05, 0.1) is 52.4 Å². The molecule has 0 bridgehead atoms. The molecule has 1 N–H and O–H groups in total. The number of halogens is 4. The Kier molecular flexibility index (Phi) is 13.4. The van der Waals surface area contributed by atoms with Crippen molar-refractivity contribution in [3.05, 3.63) is 23.5 Å².